The third-order valence-corrected chi connectivity index (χ3v) is 3.37. The number of aromatic nitrogens is 3. The topological polar surface area (TPSA) is 50.9 Å². The molecule has 4 nitrogen and oxygen atoms in total. The highest BCUT2D eigenvalue weighted by Gasteiger charge is 2.18. The van der Waals surface area contributed by atoms with Crippen LogP contribution in [0.4, 0.5) is 4.39 Å². The standard InChI is InChI=1S/C16H14FN3O/c1-11-7-8-12(9-14(11)17)16(21)15-10-18-19-20(15)13-5-3-2-4-6-13/h2-10,16,21H,1H3. The summed E-state index contributed by atoms with van der Waals surface area (Å²) in [6, 6.07) is 14.0. The molecule has 0 aliphatic rings. The average molecular weight is 283 g/mol. The maximum Gasteiger partial charge on any atom is 0.126 e. The molecule has 21 heavy (non-hydrogen) atoms. The number of hydrogen-bond donors (Lipinski definition) is 1. The lowest BCUT2D eigenvalue weighted by molar-refractivity contribution is 0.211. The molecule has 3 rings (SSSR count). The van der Waals surface area contributed by atoms with E-state index in [1.54, 1.807) is 23.7 Å². The van der Waals surface area contributed by atoms with Gasteiger partial charge in [-0.1, -0.05) is 35.5 Å². The van der Waals surface area contributed by atoms with Crippen LogP contribution in [0.2, 0.25) is 0 Å². The monoisotopic (exact) mass is 283 g/mol. The van der Waals surface area contributed by atoms with Crippen molar-refractivity contribution in [2.24, 2.45) is 0 Å². The van der Waals surface area contributed by atoms with Crippen molar-refractivity contribution in [1.29, 1.82) is 0 Å². The van der Waals surface area contributed by atoms with Crippen LogP contribution >= 0.6 is 0 Å². The first-order chi connectivity index (χ1) is 10.2. The van der Waals surface area contributed by atoms with Crippen LogP contribution in [0.1, 0.15) is 22.9 Å². The fourth-order valence-corrected chi connectivity index (χ4v) is 2.15. The number of benzene rings is 2. The quantitative estimate of drug-likeness (QED) is 0.804. The molecule has 1 unspecified atom stereocenters. The fourth-order valence-electron chi connectivity index (χ4n) is 2.15. The van der Waals surface area contributed by atoms with Crippen molar-refractivity contribution in [2.75, 3.05) is 0 Å². The Balaban J connectivity index is 2.01. The van der Waals surface area contributed by atoms with Gasteiger partial charge in [0.2, 0.25) is 0 Å². The van der Waals surface area contributed by atoms with E-state index < -0.39 is 6.10 Å². The highest BCUT2D eigenvalue weighted by molar-refractivity contribution is 5.35. The summed E-state index contributed by atoms with van der Waals surface area (Å²) in [5.41, 5.74) is 2.29. The molecule has 1 N–H and O–H groups in total. The van der Waals surface area contributed by atoms with Crippen LogP contribution < -0.4 is 0 Å². The summed E-state index contributed by atoms with van der Waals surface area (Å²) >= 11 is 0. The molecule has 0 saturated heterocycles. The smallest absolute Gasteiger partial charge is 0.126 e. The number of aryl methyl sites for hydroxylation is 1. The van der Waals surface area contributed by atoms with Crippen molar-refractivity contribution in [3.05, 3.63) is 77.4 Å². The summed E-state index contributed by atoms with van der Waals surface area (Å²) in [6.45, 7) is 1.68. The van der Waals surface area contributed by atoms with Crippen LogP contribution in [-0.4, -0.2) is 20.1 Å². The van der Waals surface area contributed by atoms with E-state index in [4.69, 9.17) is 0 Å². The second kappa shape index (κ2) is 5.46. The van der Waals surface area contributed by atoms with Crippen molar-refractivity contribution in [1.82, 2.24) is 15.0 Å². The molecular weight excluding hydrogens is 269 g/mol. The Kier molecular flexibility index (Phi) is 3.50. The van der Waals surface area contributed by atoms with E-state index in [2.05, 4.69) is 10.3 Å². The van der Waals surface area contributed by atoms with Crippen molar-refractivity contribution < 1.29 is 9.50 Å². The SMILES string of the molecule is Cc1ccc(C(O)c2cnnn2-c2ccccc2)cc1F. The summed E-state index contributed by atoms with van der Waals surface area (Å²) < 4.78 is 15.2. The molecule has 3 aromatic rings. The van der Waals surface area contributed by atoms with Crippen molar-refractivity contribution in [3.8, 4) is 5.69 Å². The Morgan fingerprint density at radius 1 is 1.14 bits per heavy atom. The van der Waals surface area contributed by atoms with Crippen LogP contribution in [0.5, 0.6) is 0 Å². The van der Waals surface area contributed by atoms with Gasteiger partial charge < -0.3 is 5.11 Å². The van der Waals surface area contributed by atoms with Gasteiger partial charge in [-0.25, -0.2) is 9.07 Å². The molecule has 0 aliphatic carbocycles. The maximum absolute atomic E-state index is 13.7. The van der Waals surface area contributed by atoms with Crippen molar-refractivity contribution in [2.45, 2.75) is 13.0 Å². The van der Waals surface area contributed by atoms with Gasteiger partial charge >= 0.3 is 0 Å². The molecule has 0 fully saturated rings. The molecule has 0 aliphatic heterocycles. The third-order valence-electron chi connectivity index (χ3n) is 3.37. The normalized spacial score (nSPS) is 12.3. The van der Waals surface area contributed by atoms with Crippen LogP contribution in [0.15, 0.2) is 54.7 Å². The summed E-state index contributed by atoms with van der Waals surface area (Å²) in [7, 11) is 0. The van der Waals surface area contributed by atoms with E-state index in [1.165, 1.54) is 12.3 Å². The highest BCUT2D eigenvalue weighted by atomic mass is 19.1. The number of aliphatic hydroxyl groups is 1. The van der Waals surface area contributed by atoms with E-state index in [0.717, 1.165) is 5.69 Å². The molecule has 0 amide bonds. The Hall–Kier alpha value is -2.53. The summed E-state index contributed by atoms with van der Waals surface area (Å²) in [5, 5.41) is 18.3. The first-order valence-electron chi connectivity index (χ1n) is 6.57. The summed E-state index contributed by atoms with van der Waals surface area (Å²) in [4.78, 5) is 0. The molecule has 0 spiro atoms. The first-order valence-corrected chi connectivity index (χ1v) is 6.57. The molecule has 1 heterocycles. The van der Waals surface area contributed by atoms with Gasteiger partial charge in [0.05, 0.1) is 17.6 Å². The Bertz CT molecular complexity index is 755. The molecule has 0 bridgehead atoms. The predicted molar refractivity (Wildman–Crippen MR) is 76.6 cm³/mol. The summed E-state index contributed by atoms with van der Waals surface area (Å²) in [5.74, 6) is -0.342. The fraction of sp³-hybridized carbons (Fsp3) is 0.125. The largest absolute Gasteiger partial charge is 0.382 e. The van der Waals surface area contributed by atoms with Crippen LogP contribution in [0, 0.1) is 12.7 Å². The minimum absolute atomic E-state index is 0.342. The van der Waals surface area contributed by atoms with Crippen molar-refractivity contribution in [3.63, 3.8) is 0 Å². The molecule has 1 aromatic heterocycles. The second-order valence-electron chi connectivity index (χ2n) is 4.82. The van der Waals surface area contributed by atoms with Crippen LogP contribution in [0.25, 0.3) is 5.69 Å². The molecule has 5 heteroatoms. The number of para-hydroxylation sites is 1. The lowest BCUT2D eigenvalue weighted by Gasteiger charge is -2.13. The lowest BCUT2D eigenvalue weighted by atomic mass is 10.0. The minimum Gasteiger partial charge on any atom is -0.382 e. The van der Waals surface area contributed by atoms with E-state index in [1.807, 2.05) is 30.3 Å². The molecule has 0 saturated carbocycles. The Labute approximate surface area is 121 Å². The van der Waals surface area contributed by atoms with Gasteiger partial charge in [0.15, 0.2) is 0 Å². The highest BCUT2D eigenvalue weighted by Crippen LogP contribution is 2.24. The van der Waals surface area contributed by atoms with Crippen molar-refractivity contribution >= 4 is 0 Å². The predicted octanol–water partition coefficient (Wildman–Crippen LogP) is 2.80. The lowest BCUT2D eigenvalue weighted by Crippen LogP contribution is -2.09. The number of hydrogen-bond acceptors (Lipinski definition) is 3. The zero-order chi connectivity index (χ0) is 14.8. The van der Waals surface area contributed by atoms with Gasteiger partial charge in [0, 0.05) is 0 Å². The van der Waals surface area contributed by atoms with Gasteiger partial charge in [-0.2, -0.15) is 0 Å². The van der Waals surface area contributed by atoms with Gasteiger partial charge in [0.1, 0.15) is 11.9 Å². The van der Waals surface area contributed by atoms with Crippen LogP contribution in [0.3, 0.4) is 0 Å². The molecule has 0 radical (unpaired) electrons. The number of aliphatic hydroxyl groups excluding tert-OH is 1. The third kappa shape index (κ3) is 2.55. The van der Waals surface area contributed by atoms with Gasteiger partial charge in [0.25, 0.3) is 0 Å². The summed E-state index contributed by atoms with van der Waals surface area (Å²) in [6.07, 6.45) is 0.491. The average Bonchev–Trinajstić information content (AvgIpc) is 2.99. The maximum atomic E-state index is 13.7. The zero-order valence-electron chi connectivity index (χ0n) is 11.4. The Morgan fingerprint density at radius 2 is 1.90 bits per heavy atom. The first kappa shape index (κ1) is 13.5. The van der Waals surface area contributed by atoms with E-state index >= 15 is 0 Å². The van der Waals surface area contributed by atoms with E-state index in [9.17, 15) is 9.50 Å². The minimum atomic E-state index is -0.990. The molecular formula is C16H14FN3O. The number of nitrogens with zero attached hydrogens (tertiary/aromatic N) is 3. The van der Waals surface area contributed by atoms with E-state index in [0.29, 0.717) is 16.8 Å². The van der Waals surface area contributed by atoms with Crippen LogP contribution in [-0.2, 0) is 0 Å². The van der Waals surface area contributed by atoms with Gasteiger partial charge in [-0.3, -0.25) is 0 Å². The van der Waals surface area contributed by atoms with E-state index in [-0.39, 0.29) is 5.82 Å². The second-order valence-corrected chi connectivity index (χ2v) is 4.82. The number of rotatable bonds is 3. The van der Waals surface area contributed by atoms with Gasteiger partial charge in [-0.15, -0.1) is 5.10 Å². The Morgan fingerprint density at radius 3 is 2.62 bits per heavy atom. The number of halogens is 1. The molecule has 106 valence electrons. The molecule has 2 aromatic carbocycles. The molecule has 1 atom stereocenters. The zero-order valence-corrected chi connectivity index (χ0v) is 11.4. The van der Waals surface area contributed by atoms with Gasteiger partial charge in [-0.05, 0) is 36.2 Å².